The molecular weight excluding hydrogens is 276 g/mol. The number of nitrogens with one attached hydrogen (secondary N) is 2. The largest absolute Gasteiger partial charge is 0.481 e. The number of hydrogen-bond acceptors (Lipinski definition) is 4. The highest BCUT2D eigenvalue weighted by Crippen LogP contribution is 2.17. The fourth-order valence-electron chi connectivity index (χ4n) is 2.43. The topological polar surface area (TPSA) is 78.4 Å². The third kappa shape index (κ3) is 7.14. The van der Waals surface area contributed by atoms with E-state index in [1.165, 1.54) is 0 Å². The van der Waals surface area contributed by atoms with Crippen molar-refractivity contribution < 1.29 is 14.7 Å². The predicted octanol–water partition coefficient (Wildman–Crippen LogP) is 1.48. The molecule has 1 saturated heterocycles. The molecule has 1 fully saturated rings. The summed E-state index contributed by atoms with van der Waals surface area (Å²) in [6, 6.07) is -0.0719. The van der Waals surface area contributed by atoms with Gasteiger partial charge in [-0.05, 0) is 18.8 Å². The van der Waals surface area contributed by atoms with Crippen LogP contribution in [0.5, 0.6) is 0 Å². The molecule has 0 saturated carbocycles. The van der Waals surface area contributed by atoms with Crippen LogP contribution in [0.1, 0.15) is 39.0 Å². The number of rotatable bonds is 9. The summed E-state index contributed by atoms with van der Waals surface area (Å²) in [7, 11) is 0. The predicted molar refractivity (Wildman–Crippen MR) is 82.0 cm³/mol. The fraction of sp³-hybridized carbons (Fsp3) is 0.857. The van der Waals surface area contributed by atoms with Crippen molar-refractivity contribution >= 4 is 23.6 Å². The van der Waals surface area contributed by atoms with Crippen LogP contribution in [0.15, 0.2) is 0 Å². The number of hydrogen-bond donors (Lipinski definition) is 3. The molecule has 0 bridgehead atoms. The van der Waals surface area contributed by atoms with Gasteiger partial charge < -0.3 is 15.7 Å². The van der Waals surface area contributed by atoms with Crippen LogP contribution in [0.3, 0.4) is 0 Å². The molecule has 3 N–H and O–H groups in total. The Kier molecular flexibility index (Phi) is 8.69. The first-order valence-corrected chi connectivity index (χ1v) is 8.59. The normalized spacial score (nSPS) is 20.4. The summed E-state index contributed by atoms with van der Waals surface area (Å²) in [6.07, 6.45) is 3.88. The highest BCUT2D eigenvalue weighted by Gasteiger charge is 2.20. The molecule has 1 rings (SSSR count). The maximum absolute atomic E-state index is 11.9. The van der Waals surface area contributed by atoms with E-state index in [2.05, 4.69) is 17.6 Å². The van der Waals surface area contributed by atoms with E-state index < -0.39 is 5.97 Å². The molecule has 0 radical (unpaired) electrons. The van der Waals surface area contributed by atoms with E-state index in [1.54, 1.807) is 11.8 Å². The highest BCUT2D eigenvalue weighted by molar-refractivity contribution is 7.99. The Morgan fingerprint density at radius 2 is 2.20 bits per heavy atom. The Morgan fingerprint density at radius 1 is 1.40 bits per heavy atom. The standard InChI is InChI=1S/C14H26N2O3S/c1-2-3-11(4-5-13(17)18)6-7-16-14(19)12-10-20-9-8-15-12/h11-12,15H,2-10H2,1H3,(H,16,19)(H,17,18). The van der Waals surface area contributed by atoms with Crippen LogP contribution in [-0.4, -0.2) is 47.6 Å². The van der Waals surface area contributed by atoms with E-state index in [0.717, 1.165) is 37.3 Å². The van der Waals surface area contributed by atoms with E-state index in [4.69, 9.17) is 5.11 Å². The SMILES string of the molecule is CCCC(CCNC(=O)C1CSCCN1)CCC(=O)O. The van der Waals surface area contributed by atoms with Crippen LogP contribution in [0, 0.1) is 5.92 Å². The lowest BCUT2D eigenvalue weighted by Crippen LogP contribution is -2.49. The summed E-state index contributed by atoms with van der Waals surface area (Å²) in [4.78, 5) is 22.5. The number of amides is 1. The van der Waals surface area contributed by atoms with Gasteiger partial charge in [-0.2, -0.15) is 11.8 Å². The third-order valence-electron chi connectivity index (χ3n) is 3.55. The Morgan fingerprint density at radius 3 is 2.80 bits per heavy atom. The maximum Gasteiger partial charge on any atom is 0.303 e. The minimum absolute atomic E-state index is 0.0719. The van der Waals surface area contributed by atoms with Gasteiger partial charge in [-0.25, -0.2) is 0 Å². The second kappa shape index (κ2) is 10.0. The highest BCUT2D eigenvalue weighted by atomic mass is 32.2. The molecule has 6 heteroatoms. The average molecular weight is 302 g/mol. The molecule has 0 aromatic carbocycles. The van der Waals surface area contributed by atoms with E-state index in [1.807, 2.05) is 0 Å². The van der Waals surface area contributed by atoms with E-state index >= 15 is 0 Å². The van der Waals surface area contributed by atoms with Crippen molar-refractivity contribution in [1.82, 2.24) is 10.6 Å². The first-order valence-electron chi connectivity index (χ1n) is 7.44. The second-order valence-corrected chi connectivity index (χ2v) is 6.40. The summed E-state index contributed by atoms with van der Waals surface area (Å²) >= 11 is 1.80. The second-order valence-electron chi connectivity index (χ2n) is 5.25. The number of carbonyl (C=O) groups excluding carboxylic acids is 1. The zero-order valence-corrected chi connectivity index (χ0v) is 13.0. The molecule has 0 spiro atoms. The van der Waals surface area contributed by atoms with Gasteiger partial charge in [0.1, 0.15) is 0 Å². The number of carboxylic acids is 1. The molecule has 1 amide bonds. The Labute approximate surface area is 125 Å². The van der Waals surface area contributed by atoms with E-state index in [0.29, 0.717) is 18.9 Å². The monoisotopic (exact) mass is 302 g/mol. The number of aliphatic carboxylic acids is 1. The van der Waals surface area contributed by atoms with Crippen molar-refractivity contribution in [2.45, 2.75) is 45.1 Å². The maximum atomic E-state index is 11.9. The molecule has 2 atom stereocenters. The van der Waals surface area contributed by atoms with Crippen LogP contribution < -0.4 is 10.6 Å². The van der Waals surface area contributed by atoms with Gasteiger partial charge in [0.05, 0.1) is 6.04 Å². The molecule has 1 aliphatic rings. The summed E-state index contributed by atoms with van der Waals surface area (Å²) in [5.74, 6) is 1.63. The summed E-state index contributed by atoms with van der Waals surface area (Å²) in [5, 5.41) is 14.9. The lowest BCUT2D eigenvalue weighted by Gasteiger charge is -2.23. The van der Waals surface area contributed by atoms with Gasteiger partial charge in [0.25, 0.3) is 0 Å². The van der Waals surface area contributed by atoms with Crippen molar-refractivity contribution in [3.63, 3.8) is 0 Å². The Balaban J connectivity index is 2.21. The van der Waals surface area contributed by atoms with Gasteiger partial charge in [0.2, 0.25) is 5.91 Å². The zero-order valence-electron chi connectivity index (χ0n) is 12.2. The van der Waals surface area contributed by atoms with Crippen LogP contribution in [0.2, 0.25) is 0 Å². The quantitative estimate of drug-likeness (QED) is 0.601. The molecule has 0 aromatic heterocycles. The molecule has 0 aliphatic carbocycles. The molecule has 1 heterocycles. The Bertz CT molecular complexity index is 307. The van der Waals surface area contributed by atoms with Crippen LogP contribution in [0.4, 0.5) is 0 Å². The van der Waals surface area contributed by atoms with Crippen molar-refractivity contribution in [3.8, 4) is 0 Å². The molecule has 0 aromatic rings. The zero-order chi connectivity index (χ0) is 14.8. The number of thioether (sulfide) groups is 1. The summed E-state index contributed by atoms with van der Waals surface area (Å²) < 4.78 is 0. The Hall–Kier alpha value is -0.750. The van der Waals surface area contributed by atoms with Gasteiger partial charge >= 0.3 is 5.97 Å². The van der Waals surface area contributed by atoms with Crippen LogP contribution in [-0.2, 0) is 9.59 Å². The van der Waals surface area contributed by atoms with Gasteiger partial charge in [-0.1, -0.05) is 19.8 Å². The van der Waals surface area contributed by atoms with Crippen LogP contribution in [0.25, 0.3) is 0 Å². The molecular formula is C14H26N2O3S. The van der Waals surface area contributed by atoms with Crippen LogP contribution >= 0.6 is 11.8 Å². The lowest BCUT2D eigenvalue weighted by molar-refractivity contribution is -0.137. The molecule has 1 aliphatic heterocycles. The third-order valence-corrected chi connectivity index (χ3v) is 4.62. The number of carboxylic acid groups (broad SMARTS) is 1. The average Bonchev–Trinajstić information content (AvgIpc) is 2.45. The summed E-state index contributed by atoms with van der Waals surface area (Å²) in [6.45, 7) is 3.64. The first-order chi connectivity index (χ1) is 9.63. The molecule has 5 nitrogen and oxygen atoms in total. The van der Waals surface area contributed by atoms with Crippen molar-refractivity contribution in [1.29, 1.82) is 0 Å². The molecule has 2 unspecified atom stereocenters. The van der Waals surface area contributed by atoms with Gasteiger partial charge in [0.15, 0.2) is 0 Å². The van der Waals surface area contributed by atoms with Crippen molar-refractivity contribution in [3.05, 3.63) is 0 Å². The van der Waals surface area contributed by atoms with Crippen molar-refractivity contribution in [2.75, 3.05) is 24.6 Å². The first kappa shape index (κ1) is 17.3. The summed E-state index contributed by atoms with van der Waals surface area (Å²) in [5.41, 5.74) is 0. The minimum Gasteiger partial charge on any atom is -0.481 e. The molecule has 20 heavy (non-hydrogen) atoms. The van der Waals surface area contributed by atoms with Crippen molar-refractivity contribution in [2.24, 2.45) is 5.92 Å². The smallest absolute Gasteiger partial charge is 0.303 e. The minimum atomic E-state index is -0.737. The molecule has 116 valence electrons. The van der Waals surface area contributed by atoms with E-state index in [9.17, 15) is 9.59 Å². The fourth-order valence-corrected chi connectivity index (χ4v) is 3.36. The van der Waals surface area contributed by atoms with E-state index in [-0.39, 0.29) is 18.4 Å². The van der Waals surface area contributed by atoms with Gasteiger partial charge in [0, 0.05) is 31.0 Å². The lowest BCUT2D eigenvalue weighted by atomic mass is 9.94. The van der Waals surface area contributed by atoms with Gasteiger partial charge in [-0.15, -0.1) is 0 Å². The number of carbonyl (C=O) groups is 2. The van der Waals surface area contributed by atoms with Gasteiger partial charge in [-0.3, -0.25) is 9.59 Å².